The van der Waals surface area contributed by atoms with Crippen LogP contribution in [0, 0.1) is 0 Å². The van der Waals surface area contributed by atoms with Crippen LogP contribution in [-0.4, -0.2) is 22.0 Å². The second-order valence-corrected chi connectivity index (χ2v) is 4.98. The van der Waals surface area contributed by atoms with Gasteiger partial charge in [0.1, 0.15) is 6.61 Å². The van der Waals surface area contributed by atoms with Crippen LogP contribution in [0.5, 0.6) is 11.5 Å². The van der Waals surface area contributed by atoms with Crippen LogP contribution in [0.25, 0.3) is 0 Å². The summed E-state index contributed by atoms with van der Waals surface area (Å²) in [5.74, 6) is 1.26. The molecule has 1 aromatic heterocycles. The molecule has 0 aliphatic rings. The molecule has 2 aromatic rings. The van der Waals surface area contributed by atoms with Gasteiger partial charge in [-0.1, -0.05) is 13.0 Å². The molecule has 1 N–H and O–H groups in total. The molecule has 1 heterocycles. The first-order valence-corrected chi connectivity index (χ1v) is 7.12. The Labute approximate surface area is 125 Å². The van der Waals surface area contributed by atoms with Crippen LogP contribution in [0.2, 0.25) is 0 Å². The number of benzene rings is 1. The van der Waals surface area contributed by atoms with Gasteiger partial charge in [0.05, 0.1) is 19.4 Å². The van der Waals surface area contributed by atoms with Crippen LogP contribution in [0.3, 0.4) is 0 Å². The van der Waals surface area contributed by atoms with Crippen molar-refractivity contribution in [3.63, 3.8) is 0 Å². The summed E-state index contributed by atoms with van der Waals surface area (Å²) in [7, 11) is 1.58. The van der Waals surface area contributed by atoms with Gasteiger partial charge in [0, 0.05) is 12.2 Å². The minimum atomic E-state index is -0.0179. The first-order valence-electron chi connectivity index (χ1n) is 7.12. The zero-order valence-electron chi connectivity index (χ0n) is 12.7. The average Bonchev–Trinajstić information content (AvgIpc) is 3.00. The fourth-order valence-electron chi connectivity index (χ4n) is 1.97. The lowest BCUT2D eigenvalue weighted by Crippen LogP contribution is -2.06. The van der Waals surface area contributed by atoms with Crippen molar-refractivity contribution in [3.8, 4) is 11.5 Å². The van der Waals surface area contributed by atoms with Crippen LogP contribution < -0.4 is 9.47 Å². The number of rotatable bonds is 7. The number of ether oxygens (including phenoxy) is 2. The van der Waals surface area contributed by atoms with E-state index in [0.717, 1.165) is 17.7 Å². The summed E-state index contributed by atoms with van der Waals surface area (Å²) < 4.78 is 13.0. The van der Waals surface area contributed by atoms with Crippen LogP contribution in [0.15, 0.2) is 30.5 Å². The molecule has 2 rings (SSSR count). The Morgan fingerprint density at radius 2 is 2.10 bits per heavy atom. The maximum atomic E-state index is 9.13. The molecule has 1 aromatic carbocycles. The second-order valence-electron chi connectivity index (χ2n) is 4.98. The normalized spacial score (nSPS) is 12.2. The number of methoxy groups -OCH3 is 1. The third kappa shape index (κ3) is 3.76. The first kappa shape index (κ1) is 15.4. The lowest BCUT2D eigenvalue weighted by atomic mass is 10.2. The van der Waals surface area contributed by atoms with Crippen molar-refractivity contribution in [2.75, 3.05) is 7.11 Å². The number of aliphatic hydroxyl groups is 1. The minimum absolute atomic E-state index is 0.0179. The van der Waals surface area contributed by atoms with E-state index in [1.54, 1.807) is 19.2 Å². The number of hydrogen-bond donors (Lipinski definition) is 1. The third-order valence-electron chi connectivity index (χ3n) is 3.49. The maximum Gasteiger partial charge on any atom is 0.161 e. The molecule has 0 radical (unpaired) electrons. The Hall–Kier alpha value is -2.01. The summed E-state index contributed by atoms with van der Waals surface area (Å²) in [6.45, 7) is 4.64. The van der Waals surface area contributed by atoms with E-state index in [-0.39, 0.29) is 6.61 Å². The van der Waals surface area contributed by atoms with Crippen LogP contribution in [0.4, 0.5) is 0 Å². The van der Waals surface area contributed by atoms with E-state index in [9.17, 15) is 0 Å². The highest BCUT2D eigenvalue weighted by atomic mass is 16.5. The molecule has 5 heteroatoms. The topological polar surface area (TPSA) is 56.5 Å². The van der Waals surface area contributed by atoms with E-state index in [4.69, 9.17) is 14.6 Å². The van der Waals surface area contributed by atoms with Crippen LogP contribution in [0.1, 0.15) is 37.6 Å². The molecular weight excluding hydrogens is 268 g/mol. The van der Waals surface area contributed by atoms with Crippen molar-refractivity contribution in [1.29, 1.82) is 0 Å². The largest absolute Gasteiger partial charge is 0.493 e. The summed E-state index contributed by atoms with van der Waals surface area (Å²) >= 11 is 0. The van der Waals surface area contributed by atoms with E-state index < -0.39 is 0 Å². The highest BCUT2D eigenvalue weighted by molar-refractivity contribution is 5.42. The van der Waals surface area contributed by atoms with Gasteiger partial charge in [0.15, 0.2) is 11.5 Å². The van der Waals surface area contributed by atoms with E-state index in [1.165, 1.54) is 0 Å². The fourth-order valence-corrected chi connectivity index (χ4v) is 1.97. The quantitative estimate of drug-likeness (QED) is 0.852. The number of aliphatic hydroxyl groups excluding tert-OH is 1. The van der Waals surface area contributed by atoms with Crippen molar-refractivity contribution in [2.45, 2.75) is 39.5 Å². The van der Waals surface area contributed by atoms with Gasteiger partial charge in [-0.25, -0.2) is 0 Å². The van der Waals surface area contributed by atoms with Gasteiger partial charge in [-0.2, -0.15) is 5.10 Å². The molecule has 0 bridgehead atoms. The smallest absolute Gasteiger partial charge is 0.161 e. The molecule has 1 atom stereocenters. The Kier molecular flexibility index (Phi) is 5.22. The number of nitrogens with zero attached hydrogens (tertiary/aromatic N) is 2. The summed E-state index contributed by atoms with van der Waals surface area (Å²) in [4.78, 5) is 0. The van der Waals surface area contributed by atoms with Crippen molar-refractivity contribution in [3.05, 3.63) is 41.7 Å². The molecular formula is C16H22N2O3. The molecule has 114 valence electrons. The zero-order chi connectivity index (χ0) is 15.2. The molecule has 21 heavy (non-hydrogen) atoms. The maximum absolute atomic E-state index is 9.13. The van der Waals surface area contributed by atoms with Gasteiger partial charge in [-0.05, 0) is 37.1 Å². The van der Waals surface area contributed by atoms with Gasteiger partial charge in [0.2, 0.25) is 0 Å². The monoisotopic (exact) mass is 290 g/mol. The Morgan fingerprint density at radius 1 is 1.29 bits per heavy atom. The van der Waals surface area contributed by atoms with Crippen LogP contribution in [-0.2, 0) is 13.2 Å². The zero-order valence-corrected chi connectivity index (χ0v) is 12.7. The Bertz CT molecular complexity index is 581. The second kappa shape index (κ2) is 7.13. The lowest BCUT2D eigenvalue weighted by Gasteiger charge is -2.11. The summed E-state index contributed by atoms with van der Waals surface area (Å²) in [5, 5.41) is 13.6. The van der Waals surface area contributed by atoms with E-state index in [0.29, 0.717) is 24.1 Å². The summed E-state index contributed by atoms with van der Waals surface area (Å²) in [5.41, 5.74) is 1.67. The third-order valence-corrected chi connectivity index (χ3v) is 3.49. The van der Waals surface area contributed by atoms with E-state index in [2.05, 4.69) is 18.9 Å². The molecule has 0 aliphatic carbocycles. The lowest BCUT2D eigenvalue weighted by molar-refractivity contribution is 0.271. The van der Waals surface area contributed by atoms with Gasteiger partial charge < -0.3 is 14.6 Å². The molecule has 0 fully saturated rings. The van der Waals surface area contributed by atoms with E-state index >= 15 is 0 Å². The predicted octanol–water partition coefficient (Wildman–Crippen LogP) is 2.93. The number of hydrogen-bond acceptors (Lipinski definition) is 4. The molecule has 5 nitrogen and oxygen atoms in total. The molecule has 0 amide bonds. The fraction of sp³-hybridized carbons (Fsp3) is 0.438. The van der Waals surface area contributed by atoms with Gasteiger partial charge >= 0.3 is 0 Å². The minimum Gasteiger partial charge on any atom is -0.493 e. The first-order chi connectivity index (χ1) is 10.2. The molecule has 0 spiro atoms. The van der Waals surface area contributed by atoms with Crippen LogP contribution >= 0.6 is 0 Å². The Balaban J connectivity index is 2.04. The predicted molar refractivity (Wildman–Crippen MR) is 80.5 cm³/mol. The Morgan fingerprint density at radius 3 is 2.76 bits per heavy atom. The van der Waals surface area contributed by atoms with Gasteiger partial charge in [-0.15, -0.1) is 0 Å². The van der Waals surface area contributed by atoms with E-state index in [1.807, 2.05) is 23.0 Å². The number of aromatic nitrogens is 2. The highest BCUT2D eigenvalue weighted by Gasteiger charge is 2.08. The van der Waals surface area contributed by atoms with Crippen molar-refractivity contribution < 1.29 is 14.6 Å². The average molecular weight is 290 g/mol. The molecule has 0 saturated carbocycles. The molecule has 0 saturated heterocycles. The van der Waals surface area contributed by atoms with Crippen molar-refractivity contribution in [1.82, 2.24) is 9.78 Å². The van der Waals surface area contributed by atoms with Gasteiger partial charge in [0.25, 0.3) is 0 Å². The summed E-state index contributed by atoms with van der Waals surface area (Å²) in [6.07, 6.45) is 3.01. The van der Waals surface area contributed by atoms with Crippen molar-refractivity contribution >= 4 is 0 Å². The SMILES string of the molecule is CCC(C)n1ccc(COc2ccc(CO)cc2OC)n1. The van der Waals surface area contributed by atoms with Gasteiger partial charge in [-0.3, -0.25) is 4.68 Å². The molecule has 1 unspecified atom stereocenters. The summed E-state index contributed by atoms with van der Waals surface area (Å²) in [6, 6.07) is 7.73. The molecule has 0 aliphatic heterocycles. The van der Waals surface area contributed by atoms with Crippen molar-refractivity contribution in [2.24, 2.45) is 0 Å². The standard InChI is InChI=1S/C16H22N2O3/c1-4-12(2)18-8-7-14(17-18)11-21-15-6-5-13(10-19)9-16(15)20-3/h5-9,12,19H,4,10-11H2,1-3H3. The highest BCUT2D eigenvalue weighted by Crippen LogP contribution is 2.28.